The first-order chi connectivity index (χ1) is 10.2. The van der Waals surface area contributed by atoms with Gasteiger partial charge in [-0.15, -0.1) is 0 Å². The highest BCUT2D eigenvalue weighted by atomic mass is 16.1. The summed E-state index contributed by atoms with van der Waals surface area (Å²) >= 11 is 0. The molecule has 0 aliphatic carbocycles. The molecule has 1 saturated heterocycles. The minimum absolute atomic E-state index is 0.0387. The Labute approximate surface area is 125 Å². The second-order valence-corrected chi connectivity index (χ2v) is 6.08. The zero-order valence-corrected chi connectivity index (χ0v) is 12.7. The van der Waals surface area contributed by atoms with Gasteiger partial charge in [0.1, 0.15) is 0 Å². The summed E-state index contributed by atoms with van der Waals surface area (Å²) in [6, 6.07) is 8.94. The number of hydrogen-bond donors (Lipinski definition) is 1. The number of aromatic nitrogens is 2. The summed E-state index contributed by atoms with van der Waals surface area (Å²) in [5.41, 5.74) is 2.29. The van der Waals surface area contributed by atoms with Crippen LogP contribution in [0.4, 0.5) is 0 Å². The standard InChI is InChI=1S/C17H23N3O/c1-13(2)19-10-11-20(17(19)21)16-8-4-3-6-14(16)12-15-7-5-9-18-15/h3-4,6,8,10-11,13,15,18H,5,7,9,12H2,1-2H3. The van der Waals surface area contributed by atoms with Crippen LogP contribution >= 0.6 is 0 Å². The predicted octanol–water partition coefficient (Wildman–Crippen LogP) is 2.51. The zero-order chi connectivity index (χ0) is 14.8. The second-order valence-electron chi connectivity index (χ2n) is 6.08. The molecule has 0 radical (unpaired) electrons. The van der Waals surface area contributed by atoms with Crippen molar-refractivity contribution in [1.29, 1.82) is 0 Å². The molecule has 21 heavy (non-hydrogen) atoms. The first kappa shape index (κ1) is 14.1. The molecule has 112 valence electrons. The molecular weight excluding hydrogens is 262 g/mol. The molecule has 1 N–H and O–H groups in total. The highest BCUT2D eigenvalue weighted by molar-refractivity contribution is 5.41. The van der Waals surface area contributed by atoms with Crippen LogP contribution in [0.15, 0.2) is 41.5 Å². The van der Waals surface area contributed by atoms with Crippen molar-refractivity contribution in [2.45, 2.75) is 45.2 Å². The average Bonchev–Trinajstić information content (AvgIpc) is 3.09. The van der Waals surface area contributed by atoms with Gasteiger partial charge in [0.05, 0.1) is 5.69 Å². The quantitative estimate of drug-likeness (QED) is 0.937. The Balaban J connectivity index is 1.96. The SMILES string of the molecule is CC(C)n1ccn(-c2ccccc2CC2CCCN2)c1=O. The largest absolute Gasteiger partial charge is 0.332 e. The van der Waals surface area contributed by atoms with Crippen LogP contribution < -0.4 is 11.0 Å². The molecule has 1 unspecified atom stereocenters. The van der Waals surface area contributed by atoms with E-state index in [4.69, 9.17) is 0 Å². The first-order valence-corrected chi connectivity index (χ1v) is 7.78. The molecule has 4 nitrogen and oxygen atoms in total. The summed E-state index contributed by atoms with van der Waals surface area (Å²) in [4.78, 5) is 12.5. The van der Waals surface area contributed by atoms with Crippen LogP contribution in [0.2, 0.25) is 0 Å². The van der Waals surface area contributed by atoms with Crippen LogP contribution in [-0.2, 0) is 6.42 Å². The molecule has 1 aliphatic rings. The molecule has 1 fully saturated rings. The summed E-state index contributed by atoms with van der Waals surface area (Å²) in [5.74, 6) is 0. The summed E-state index contributed by atoms with van der Waals surface area (Å²) in [7, 11) is 0. The van der Waals surface area contributed by atoms with Crippen LogP contribution in [-0.4, -0.2) is 21.7 Å². The summed E-state index contributed by atoms with van der Waals surface area (Å²) in [5, 5.41) is 3.53. The molecule has 1 atom stereocenters. The molecule has 0 bridgehead atoms. The number of para-hydroxylation sites is 1. The number of nitrogens with zero attached hydrogens (tertiary/aromatic N) is 2. The highest BCUT2D eigenvalue weighted by Gasteiger charge is 2.17. The van der Waals surface area contributed by atoms with E-state index in [1.165, 1.54) is 18.4 Å². The van der Waals surface area contributed by atoms with E-state index in [-0.39, 0.29) is 11.7 Å². The smallest absolute Gasteiger partial charge is 0.314 e. The number of benzene rings is 1. The highest BCUT2D eigenvalue weighted by Crippen LogP contribution is 2.18. The molecule has 1 aliphatic heterocycles. The number of rotatable bonds is 4. The Hall–Kier alpha value is -1.81. The fourth-order valence-corrected chi connectivity index (χ4v) is 3.08. The Morgan fingerprint density at radius 3 is 2.76 bits per heavy atom. The van der Waals surface area contributed by atoms with E-state index in [1.807, 2.05) is 38.4 Å². The Bertz CT molecular complexity index is 663. The van der Waals surface area contributed by atoms with Gasteiger partial charge in [0.15, 0.2) is 0 Å². The molecule has 3 rings (SSSR count). The minimum Gasteiger partial charge on any atom is -0.314 e. The van der Waals surface area contributed by atoms with Gasteiger partial charge in [-0.3, -0.25) is 9.13 Å². The van der Waals surface area contributed by atoms with Crippen molar-refractivity contribution in [2.75, 3.05) is 6.54 Å². The van der Waals surface area contributed by atoms with E-state index in [1.54, 1.807) is 9.13 Å². The normalized spacial score (nSPS) is 18.5. The van der Waals surface area contributed by atoms with Gasteiger partial charge in [0.25, 0.3) is 0 Å². The fraction of sp³-hybridized carbons (Fsp3) is 0.471. The van der Waals surface area contributed by atoms with Gasteiger partial charge in [0.2, 0.25) is 0 Å². The average molecular weight is 285 g/mol. The topological polar surface area (TPSA) is 39.0 Å². The van der Waals surface area contributed by atoms with Crippen molar-refractivity contribution in [3.05, 3.63) is 52.7 Å². The third-order valence-electron chi connectivity index (χ3n) is 4.24. The van der Waals surface area contributed by atoms with E-state index in [9.17, 15) is 4.79 Å². The molecule has 0 amide bonds. The third-order valence-corrected chi connectivity index (χ3v) is 4.24. The van der Waals surface area contributed by atoms with Crippen molar-refractivity contribution >= 4 is 0 Å². The maximum Gasteiger partial charge on any atom is 0.332 e. The second kappa shape index (κ2) is 5.90. The van der Waals surface area contributed by atoms with Crippen molar-refractivity contribution < 1.29 is 0 Å². The molecule has 0 spiro atoms. The third kappa shape index (κ3) is 2.81. The number of hydrogen-bond acceptors (Lipinski definition) is 2. The van der Waals surface area contributed by atoms with Crippen molar-refractivity contribution in [3.63, 3.8) is 0 Å². The lowest BCUT2D eigenvalue weighted by molar-refractivity contribution is 0.572. The maximum absolute atomic E-state index is 12.5. The van der Waals surface area contributed by atoms with E-state index < -0.39 is 0 Å². The molecule has 2 heterocycles. The van der Waals surface area contributed by atoms with E-state index in [0.717, 1.165) is 18.7 Å². The minimum atomic E-state index is 0.0387. The van der Waals surface area contributed by atoms with E-state index in [0.29, 0.717) is 6.04 Å². The fourth-order valence-electron chi connectivity index (χ4n) is 3.08. The van der Waals surface area contributed by atoms with Crippen LogP contribution in [0.25, 0.3) is 5.69 Å². The van der Waals surface area contributed by atoms with Crippen molar-refractivity contribution in [3.8, 4) is 5.69 Å². The molecule has 1 aromatic carbocycles. The lowest BCUT2D eigenvalue weighted by atomic mass is 10.0. The van der Waals surface area contributed by atoms with E-state index >= 15 is 0 Å². The van der Waals surface area contributed by atoms with Gasteiger partial charge < -0.3 is 5.32 Å². The molecule has 0 saturated carbocycles. The van der Waals surface area contributed by atoms with Crippen LogP contribution in [0, 0.1) is 0 Å². The van der Waals surface area contributed by atoms with Gasteiger partial charge in [-0.05, 0) is 51.3 Å². The van der Waals surface area contributed by atoms with Gasteiger partial charge in [-0.25, -0.2) is 4.79 Å². The summed E-state index contributed by atoms with van der Waals surface area (Å²) in [6.45, 7) is 5.16. The van der Waals surface area contributed by atoms with Crippen molar-refractivity contribution in [1.82, 2.24) is 14.5 Å². The lowest BCUT2D eigenvalue weighted by Gasteiger charge is -2.14. The summed E-state index contributed by atoms with van der Waals surface area (Å²) < 4.78 is 3.54. The zero-order valence-electron chi connectivity index (χ0n) is 12.7. The van der Waals surface area contributed by atoms with Crippen LogP contribution in [0.1, 0.15) is 38.3 Å². The van der Waals surface area contributed by atoms with Crippen molar-refractivity contribution in [2.24, 2.45) is 0 Å². The first-order valence-electron chi connectivity index (χ1n) is 7.78. The van der Waals surface area contributed by atoms with Crippen LogP contribution in [0.3, 0.4) is 0 Å². The van der Waals surface area contributed by atoms with Gasteiger partial charge >= 0.3 is 5.69 Å². The van der Waals surface area contributed by atoms with Gasteiger partial charge in [-0.2, -0.15) is 0 Å². The molecule has 2 aromatic rings. The van der Waals surface area contributed by atoms with Gasteiger partial charge in [-0.1, -0.05) is 18.2 Å². The monoisotopic (exact) mass is 285 g/mol. The van der Waals surface area contributed by atoms with Gasteiger partial charge in [0, 0.05) is 24.5 Å². The van der Waals surface area contributed by atoms with Crippen LogP contribution in [0.5, 0.6) is 0 Å². The maximum atomic E-state index is 12.5. The predicted molar refractivity (Wildman–Crippen MR) is 85.1 cm³/mol. The lowest BCUT2D eigenvalue weighted by Crippen LogP contribution is -2.27. The number of nitrogens with one attached hydrogen (secondary N) is 1. The molecule has 4 heteroatoms. The number of imidazole rings is 1. The summed E-state index contributed by atoms with van der Waals surface area (Å²) in [6.07, 6.45) is 7.20. The molecule has 1 aromatic heterocycles. The molecular formula is C17H23N3O. The Morgan fingerprint density at radius 2 is 2.10 bits per heavy atom. The Morgan fingerprint density at radius 1 is 1.29 bits per heavy atom. The Kier molecular flexibility index (Phi) is 3.97. The van der Waals surface area contributed by atoms with E-state index in [2.05, 4.69) is 17.4 Å².